The fraction of sp³-hybridized carbons (Fsp3) is 0.440. The average Bonchev–Trinajstić information content (AvgIpc) is 3.47. The highest BCUT2D eigenvalue weighted by Crippen LogP contribution is 2.44. The van der Waals surface area contributed by atoms with E-state index in [1.165, 1.54) is 19.3 Å². The molecule has 1 N–H and O–H groups in total. The summed E-state index contributed by atoms with van der Waals surface area (Å²) in [7, 11) is 0. The molecular weight excluding hydrogens is 479 g/mol. The molecule has 1 aliphatic carbocycles. The van der Waals surface area contributed by atoms with Crippen LogP contribution in [0.1, 0.15) is 44.2 Å². The second-order valence-electron chi connectivity index (χ2n) is 9.23. The maximum absolute atomic E-state index is 13.5. The van der Waals surface area contributed by atoms with Crippen LogP contribution in [-0.2, 0) is 4.79 Å². The molecule has 5 nitrogen and oxygen atoms in total. The smallest absolute Gasteiger partial charge is 0.282 e. The lowest BCUT2D eigenvalue weighted by Crippen LogP contribution is -2.45. The number of carbonyl (C=O) groups excluding carboxylic acids is 1. The van der Waals surface area contributed by atoms with Crippen LogP contribution >= 0.6 is 34.8 Å². The molecule has 5 rings (SSSR count). The molecule has 0 spiro atoms. The molecule has 33 heavy (non-hydrogen) atoms. The maximum atomic E-state index is 13.5. The average molecular weight is 506 g/mol. The Morgan fingerprint density at radius 3 is 2.33 bits per heavy atom. The number of nitrogens with one attached hydrogen (secondary N) is 1. The lowest BCUT2D eigenvalue weighted by Gasteiger charge is -2.29. The van der Waals surface area contributed by atoms with Crippen LogP contribution < -0.4 is 10.4 Å². The number of fused-ring (bicyclic) bond motifs is 1. The lowest BCUT2D eigenvalue weighted by molar-refractivity contribution is -0.119. The molecule has 2 aromatic carbocycles. The number of halogens is 3. The number of hydrogen-bond acceptors (Lipinski definition) is 4. The minimum Gasteiger partial charge on any atom is -0.284 e. The molecule has 0 radical (unpaired) electrons. The van der Waals surface area contributed by atoms with Crippen molar-refractivity contribution < 1.29 is 4.79 Å². The predicted molar refractivity (Wildman–Crippen MR) is 135 cm³/mol. The minimum atomic E-state index is -0.176. The zero-order valence-corrected chi connectivity index (χ0v) is 20.7. The van der Waals surface area contributed by atoms with E-state index in [0.717, 1.165) is 30.8 Å². The van der Waals surface area contributed by atoms with Gasteiger partial charge in [-0.05, 0) is 67.0 Å². The highest BCUT2D eigenvalue weighted by molar-refractivity contribution is 6.41. The SMILES string of the molecule is CC[C@@H]1C(C(=O)NN2CC3CCCC3C2)=NN(c2ccc(Cl)cc2Cl)[C@H]1c1ccc(Cl)cc1. The standard InChI is InChI=1S/C25H27Cl3N4O/c1-2-20-23(25(33)30-31-13-16-4-3-5-17(16)14-31)29-32(22-11-10-19(27)12-21(22)28)24(20)15-6-8-18(26)9-7-15/h6-12,16-17,20,24H,2-5,13-14H2,1H3,(H,30,33)/t16?,17?,20-,24+/m1/s1. The van der Waals surface area contributed by atoms with Gasteiger partial charge in [0.1, 0.15) is 5.71 Å². The molecule has 0 aromatic heterocycles. The number of rotatable bonds is 5. The molecule has 2 fully saturated rings. The van der Waals surface area contributed by atoms with E-state index >= 15 is 0 Å². The number of hydrazone groups is 1. The number of benzene rings is 2. The Balaban J connectivity index is 1.47. The normalized spacial score (nSPS) is 27.0. The molecule has 2 heterocycles. The van der Waals surface area contributed by atoms with Crippen LogP contribution in [-0.4, -0.2) is 29.7 Å². The third-order valence-electron chi connectivity index (χ3n) is 7.24. The summed E-state index contributed by atoms with van der Waals surface area (Å²) in [5.41, 5.74) is 5.43. The quantitative estimate of drug-likeness (QED) is 0.515. The highest BCUT2D eigenvalue weighted by Gasteiger charge is 2.43. The van der Waals surface area contributed by atoms with Crippen molar-refractivity contribution in [1.82, 2.24) is 10.4 Å². The largest absolute Gasteiger partial charge is 0.284 e. The first-order valence-electron chi connectivity index (χ1n) is 11.6. The van der Waals surface area contributed by atoms with Gasteiger partial charge < -0.3 is 0 Å². The van der Waals surface area contributed by atoms with Crippen molar-refractivity contribution in [3.8, 4) is 0 Å². The predicted octanol–water partition coefficient (Wildman–Crippen LogP) is 6.35. The van der Waals surface area contributed by atoms with E-state index in [9.17, 15) is 4.79 Å². The fourth-order valence-corrected chi connectivity index (χ4v) is 6.26. The highest BCUT2D eigenvalue weighted by atomic mass is 35.5. The van der Waals surface area contributed by atoms with Gasteiger partial charge in [0.25, 0.3) is 5.91 Å². The van der Waals surface area contributed by atoms with Gasteiger partial charge in [-0.15, -0.1) is 0 Å². The number of hydrazine groups is 1. The Labute approximate surface area is 209 Å². The van der Waals surface area contributed by atoms with Gasteiger partial charge in [-0.25, -0.2) is 5.01 Å². The summed E-state index contributed by atoms with van der Waals surface area (Å²) in [6.07, 6.45) is 4.59. The summed E-state index contributed by atoms with van der Waals surface area (Å²) < 4.78 is 0. The second-order valence-corrected chi connectivity index (χ2v) is 10.5. The Morgan fingerprint density at radius 2 is 1.70 bits per heavy atom. The van der Waals surface area contributed by atoms with Gasteiger partial charge in [0.05, 0.1) is 16.8 Å². The van der Waals surface area contributed by atoms with Crippen molar-refractivity contribution in [3.63, 3.8) is 0 Å². The molecule has 1 amide bonds. The Hall–Kier alpha value is -1.79. The molecule has 3 aliphatic rings. The molecule has 2 unspecified atom stereocenters. The second kappa shape index (κ2) is 9.46. The van der Waals surface area contributed by atoms with Crippen LogP contribution in [0.4, 0.5) is 5.69 Å². The molecule has 1 saturated carbocycles. The first-order valence-corrected chi connectivity index (χ1v) is 12.7. The summed E-state index contributed by atoms with van der Waals surface area (Å²) in [5.74, 6) is 1.17. The maximum Gasteiger partial charge on any atom is 0.282 e. The molecule has 0 bridgehead atoms. The third kappa shape index (κ3) is 4.49. The first-order chi connectivity index (χ1) is 15.9. The number of carbonyl (C=O) groups is 1. The van der Waals surface area contributed by atoms with E-state index < -0.39 is 0 Å². The molecule has 2 aromatic rings. The van der Waals surface area contributed by atoms with Crippen LogP contribution in [0.3, 0.4) is 0 Å². The van der Waals surface area contributed by atoms with E-state index in [1.54, 1.807) is 12.1 Å². The van der Waals surface area contributed by atoms with Gasteiger partial charge in [-0.2, -0.15) is 5.10 Å². The van der Waals surface area contributed by atoms with E-state index in [4.69, 9.17) is 39.9 Å². The molecule has 2 aliphatic heterocycles. The monoisotopic (exact) mass is 504 g/mol. The Morgan fingerprint density at radius 1 is 1.03 bits per heavy atom. The number of anilines is 1. The van der Waals surface area contributed by atoms with Crippen molar-refractivity contribution in [1.29, 1.82) is 0 Å². The zero-order valence-electron chi connectivity index (χ0n) is 18.5. The van der Waals surface area contributed by atoms with Gasteiger partial charge >= 0.3 is 0 Å². The first kappa shape index (κ1) is 23.0. The van der Waals surface area contributed by atoms with Gasteiger partial charge in [-0.1, -0.05) is 60.3 Å². The molecule has 174 valence electrons. The van der Waals surface area contributed by atoms with Crippen LogP contribution in [0.2, 0.25) is 15.1 Å². The summed E-state index contributed by atoms with van der Waals surface area (Å²) in [6, 6.07) is 12.9. The third-order valence-corrected chi connectivity index (χ3v) is 8.03. The van der Waals surface area contributed by atoms with Crippen molar-refractivity contribution in [3.05, 3.63) is 63.1 Å². The molecule has 8 heteroatoms. The van der Waals surface area contributed by atoms with Crippen molar-refractivity contribution >= 4 is 52.1 Å². The van der Waals surface area contributed by atoms with Crippen molar-refractivity contribution in [2.75, 3.05) is 18.1 Å². The van der Waals surface area contributed by atoms with E-state index in [2.05, 4.69) is 17.4 Å². The lowest BCUT2D eigenvalue weighted by atomic mass is 9.87. The van der Waals surface area contributed by atoms with Gasteiger partial charge in [0.2, 0.25) is 0 Å². The molecule has 4 atom stereocenters. The summed E-state index contributed by atoms with van der Waals surface area (Å²) in [6.45, 7) is 3.94. The number of hydrogen-bond donors (Lipinski definition) is 1. The zero-order chi connectivity index (χ0) is 23.1. The van der Waals surface area contributed by atoms with Gasteiger partial charge in [0.15, 0.2) is 0 Å². The topological polar surface area (TPSA) is 47.9 Å². The van der Waals surface area contributed by atoms with Crippen LogP contribution in [0.25, 0.3) is 0 Å². The Kier molecular flexibility index (Phi) is 6.58. The van der Waals surface area contributed by atoms with Gasteiger partial charge in [0, 0.05) is 29.1 Å². The van der Waals surface area contributed by atoms with Crippen LogP contribution in [0, 0.1) is 17.8 Å². The van der Waals surface area contributed by atoms with E-state index in [0.29, 0.717) is 32.6 Å². The fourth-order valence-electron chi connectivity index (χ4n) is 5.63. The summed E-state index contributed by atoms with van der Waals surface area (Å²) in [4.78, 5) is 13.5. The molecule has 1 saturated heterocycles. The number of amides is 1. The van der Waals surface area contributed by atoms with E-state index in [1.807, 2.05) is 35.3 Å². The van der Waals surface area contributed by atoms with Crippen molar-refractivity contribution in [2.45, 2.75) is 38.6 Å². The van der Waals surface area contributed by atoms with Crippen molar-refractivity contribution in [2.24, 2.45) is 22.9 Å². The van der Waals surface area contributed by atoms with E-state index in [-0.39, 0.29) is 17.9 Å². The van der Waals surface area contributed by atoms with Gasteiger partial charge in [-0.3, -0.25) is 15.2 Å². The summed E-state index contributed by atoms with van der Waals surface area (Å²) >= 11 is 18.9. The number of nitrogens with zero attached hydrogens (tertiary/aromatic N) is 3. The minimum absolute atomic E-state index is 0.0972. The Bertz CT molecular complexity index is 1060. The van der Waals surface area contributed by atoms with Crippen LogP contribution in [0.15, 0.2) is 47.6 Å². The molecular formula is C25H27Cl3N4O. The van der Waals surface area contributed by atoms with Crippen LogP contribution in [0.5, 0.6) is 0 Å². The summed E-state index contributed by atoms with van der Waals surface area (Å²) in [5, 5.41) is 10.5.